The molecule has 11 heteroatoms. The van der Waals surface area contributed by atoms with Gasteiger partial charge in [-0.2, -0.15) is 8.42 Å². The molecular formula is C10H16N6O4S. The molecule has 0 radical (unpaired) electrons. The number of rotatable bonds is 2. The van der Waals surface area contributed by atoms with Gasteiger partial charge in [-0.25, -0.2) is 9.59 Å². The van der Waals surface area contributed by atoms with Crippen LogP contribution in [-0.2, 0) is 10.2 Å². The second kappa shape index (κ2) is 4.98. The largest absolute Gasteiger partial charge is 0.366 e. The summed E-state index contributed by atoms with van der Waals surface area (Å²) in [5, 5.41) is 0. The van der Waals surface area contributed by atoms with Gasteiger partial charge in [-0.1, -0.05) is 0 Å². The third-order valence-corrected chi connectivity index (χ3v) is 4.08. The summed E-state index contributed by atoms with van der Waals surface area (Å²) < 4.78 is 31.0. The van der Waals surface area contributed by atoms with E-state index < -0.39 is 10.2 Å². The Morgan fingerprint density at radius 2 is 1.14 bits per heavy atom. The molecule has 2 aliphatic heterocycles. The van der Waals surface area contributed by atoms with Crippen molar-refractivity contribution in [1.29, 1.82) is 0 Å². The summed E-state index contributed by atoms with van der Waals surface area (Å²) in [5.74, 6) is 0.180. The first-order valence-electron chi connectivity index (χ1n) is 6.02. The molecule has 116 valence electrons. The van der Waals surface area contributed by atoms with Gasteiger partial charge >= 0.3 is 22.3 Å². The Kier molecular flexibility index (Phi) is 3.61. The molecule has 21 heavy (non-hydrogen) atoms. The SMILES string of the molecule is CN1C/C(=N/S(=O)(=O)/N=C2\CN(C)C(=O)N2C)N(C)C1=O. The van der Waals surface area contributed by atoms with Crippen molar-refractivity contribution in [3.63, 3.8) is 0 Å². The van der Waals surface area contributed by atoms with Crippen molar-refractivity contribution >= 4 is 33.9 Å². The second-order valence-corrected chi connectivity index (χ2v) is 6.12. The summed E-state index contributed by atoms with van der Waals surface area (Å²) in [5.41, 5.74) is 0. The molecule has 2 aliphatic rings. The van der Waals surface area contributed by atoms with Crippen molar-refractivity contribution in [2.75, 3.05) is 41.3 Å². The predicted molar refractivity (Wildman–Crippen MR) is 75.4 cm³/mol. The van der Waals surface area contributed by atoms with Crippen molar-refractivity contribution in [3.05, 3.63) is 0 Å². The van der Waals surface area contributed by atoms with Gasteiger partial charge in [-0.3, -0.25) is 9.80 Å². The number of amides is 4. The summed E-state index contributed by atoms with van der Waals surface area (Å²) in [6.45, 7) is 0.183. The minimum atomic E-state index is -4.17. The average Bonchev–Trinajstić information content (AvgIpc) is 2.75. The van der Waals surface area contributed by atoms with Crippen LogP contribution in [0.25, 0.3) is 0 Å². The molecule has 4 amide bonds. The van der Waals surface area contributed by atoms with Crippen molar-refractivity contribution in [1.82, 2.24) is 19.6 Å². The molecule has 2 rings (SSSR count). The van der Waals surface area contributed by atoms with Crippen LogP contribution in [0, 0.1) is 0 Å². The van der Waals surface area contributed by atoms with Gasteiger partial charge < -0.3 is 9.80 Å². The normalized spacial score (nSPS) is 24.2. The average molecular weight is 316 g/mol. The lowest BCUT2D eigenvalue weighted by Crippen LogP contribution is -2.28. The smallest absolute Gasteiger partial charge is 0.320 e. The number of carbonyl (C=O) groups excluding carboxylic acids is 2. The van der Waals surface area contributed by atoms with Gasteiger partial charge in [0, 0.05) is 28.2 Å². The van der Waals surface area contributed by atoms with E-state index in [1.54, 1.807) is 0 Å². The molecule has 0 N–H and O–H groups in total. The van der Waals surface area contributed by atoms with Crippen LogP contribution in [0.5, 0.6) is 0 Å². The summed E-state index contributed by atoms with van der Waals surface area (Å²) in [6.07, 6.45) is 0. The molecule has 0 aromatic carbocycles. The lowest BCUT2D eigenvalue weighted by Gasteiger charge is -2.08. The van der Waals surface area contributed by atoms with Crippen LogP contribution in [0.15, 0.2) is 8.80 Å². The number of urea groups is 2. The number of hydrogen-bond donors (Lipinski definition) is 0. The van der Waals surface area contributed by atoms with Crippen LogP contribution in [0.3, 0.4) is 0 Å². The van der Waals surface area contributed by atoms with Crippen LogP contribution in [0.2, 0.25) is 0 Å². The molecule has 0 saturated carbocycles. The number of likely N-dealkylation sites (N-methyl/N-ethyl adjacent to an activating group) is 4. The Morgan fingerprint density at radius 3 is 1.38 bits per heavy atom. The quantitative estimate of drug-likeness (QED) is 0.653. The first kappa shape index (κ1) is 15.2. The zero-order valence-electron chi connectivity index (χ0n) is 12.1. The topological polar surface area (TPSA) is 106 Å². The number of hydrogen-bond acceptors (Lipinski definition) is 4. The van der Waals surface area contributed by atoms with Crippen molar-refractivity contribution < 1.29 is 18.0 Å². The molecule has 0 aromatic rings. The van der Waals surface area contributed by atoms with Gasteiger partial charge in [-0.15, -0.1) is 8.80 Å². The Bertz CT molecular complexity index is 604. The second-order valence-electron chi connectivity index (χ2n) is 4.86. The van der Waals surface area contributed by atoms with Gasteiger partial charge in [0.05, 0.1) is 13.1 Å². The highest BCUT2D eigenvalue weighted by atomic mass is 32.2. The molecule has 2 heterocycles. The molecule has 2 fully saturated rings. The maximum absolute atomic E-state index is 12.0. The van der Waals surface area contributed by atoms with E-state index in [0.29, 0.717) is 0 Å². The summed E-state index contributed by atoms with van der Waals surface area (Å²) in [4.78, 5) is 28.1. The van der Waals surface area contributed by atoms with E-state index in [0.717, 1.165) is 9.80 Å². The van der Waals surface area contributed by atoms with E-state index in [4.69, 9.17) is 0 Å². The molecular weight excluding hydrogens is 300 g/mol. The van der Waals surface area contributed by atoms with Crippen molar-refractivity contribution in [2.45, 2.75) is 0 Å². The fraction of sp³-hybridized carbons (Fsp3) is 0.600. The summed E-state index contributed by atoms with van der Waals surface area (Å²) >= 11 is 0. The number of carbonyl (C=O) groups is 2. The Balaban J connectivity index is 2.29. The highest BCUT2D eigenvalue weighted by Crippen LogP contribution is 2.12. The minimum absolute atomic E-state index is 0.0900. The first-order chi connectivity index (χ1) is 9.62. The fourth-order valence-corrected chi connectivity index (χ4v) is 2.91. The van der Waals surface area contributed by atoms with Crippen molar-refractivity contribution in [2.24, 2.45) is 8.80 Å². The Morgan fingerprint density at radius 1 is 0.810 bits per heavy atom. The van der Waals surface area contributed by atoms with Crippen LogP contribution in [0.1, 0.15) is 0 Å². The predicted octanol–water partition coefficient (Wildman–Crippen LogP) is -0.977. The molecule has 0 aliphatic carbocycles. The van der Waals surface area contributed by atoms with E-state index in [9.17, 15) is 18.0 Å². The molecule has 0 unspecified atom stereocenters. The van der Waals surface area contributed by atoms with Crippen LogP contribution < -0.4 is 0 Å². The third-order valence-electron chi connectivity index (χ3n) is 3.20. The monoisotopic (exact) mass is 316 g/mol. The highest BCUT2D eigenvalue weighted by molar-refractivity contribution is 7.89. The Hall–Kier alpha value is -2.17. The maximum Gasteiger partial charge on any atom is 0.366 e. The zero-order chi connectivity index (χ0) is 15.9. The van der Waals surface area contributed by atoms with Gasteiger partial charge in [0.1, 0.15) is 11.7 Å². The van der Waals surface area contributed by atoms with Crippen molar-refractivity contribution in [3.8, 4) is 0 Å². The summed E-state index contributed by atoms with van der Waals surface area (Å²) in [7, 11) is 1.78. The van der Waals surface area contributed by atoms with Gasteiger partial charge in [0.15, 0.2) is 0 Å². The molecule has 10 nitrogen and oxygen atoms in total. The standard InChI is InChI=1S/C10H16N6O4S/c1-13-5-7(15(3)9(13)17)11-21(19,20)12-8-6-14(2)10(18)16(8)4/h5-6H2,1-4H3/b11-7-,12-8+. The third kappa shape index (κ3) is 2.82. The van der Waals surface area contributed by atoms with Crippen LogP contribution in [-0.4, -0.2) is 93.0 Å². The van der Waals surface area contributed by atoms with E-state index in [-0.39, 0.29) is 36.8 Å². The fourth-order valence-electron chi connectivity index (χ4n) is 1.97. The lowest BCUT2D eigenvalue weighted by atomic mass is 10.6. The minimum Gasteiger partial charge on any atom is -0.320 e. The number of nitrogens with zero attached hydrogens (tertiary/aromatic N) is 6. The number of amidine groups is 2. The van der Waals surface area contributed by atoms with Gasteiger partial charge in [0.2, 0.25) is 0 Å². The van der Waals surface area contributed by atoms with E-state index in [1.165, 1.54) is 38.0 Å². The lowest BCUT2D eigenvalue weighted by molar-refractivity contribution is 0.208. The van der Waals surface area contributed by atoms with Gasteiger partial charge in [-0.05, 0) is 0 Å². The molecule has 2 saturated heterocycles. The van der Waals surface area contributed by atoms with E-state index in [2.05, 4.69) is 8.80 Å². The molecule has 0 atom stereocenters. The molecule has 0 spiro atoms. The summed E-state index contributed by atoms with van der Waals surface area (Å²) in [6, 6.07) is -0.686. The highest BCUT2D eigenvalue weighted by Gasteiger charge is 2.32. The van der Waals surface area contributed by atoms with Gasteiger partial charge in [0.25, 0.3) is 0 Å². The zero-order valence-corrected chi connectivity index (χ0v) is 13.0. The van der Waals surface area contributed by atoms with E-state index >= 15 is 0 Å². The molecule has 0 bridgehead atoms. The Labute approximate surface area is 122 Å². The van der Waals surface area contributed by atoms with Crippen LogP contribution in [0.4, 0.5) is 9.59 Å². The van der Waals surface area contributed by atoms with E-state index in [1.807, 2.05) is 0 Å². The molecule has 0 aromatic heterocycles. The first-order valence-corrected chi connectivity index (χ1v) is 7.42. The van der Waals surface area contributed by atoms with Crippen LogP contribution >= 0.6 is 0 Å². The maximum atomic E-state index is 12.0.